The molecule has 1 saturated carbocycles. The van der Waals surface area contributed by atoms with Crippen molar-refractivity contribution in [2.45, 2.75) is 37.3 Å². The van der Waals surface area contributed by atoms with Gasteiger partial charge in [0.05, 0.1) is 5.92 Å². The van der Waals surface area contributed by atoms with Crippen LogP contribution in [0.25, 0.3) is 0 Å². The van der Waals surface area contributed by atoms with E-state index in [0.29, 0.717) is 6.42 Å². The molecule has 1 aromatic heterocycles. The molecule has 2 aromatic rings. The van der Waals surface area contributed by atoms with Crippen LogP contribution in [0.15, 0.2) is 54.7 Å². The fraction of sp³-hybridized carbons (Fsp3) is 0.368. The third-order valence-electron chi connectivity index (χ3n) is 4.74. The molecule has 23 heavy (non-hydrogen) atoms. The van der Waals surface area contributed by atoms with Crippen molar-refractivity contribution in [2.75, 3.05) is 0 Å². The highest BCUT2D eigenvalue weighted by molar-refractivity contribution is 5.71. The molecule has 0 bridgehead atoms. The van der Waals surface area contributed by atoms with Gasteiger partial charge in [0.25, 0.3) is 0 Å². The second kappa shape index (κ2) is 6.49. The lowest BCUT2D eigenvalue weighted by molar-refractivity contribution is -0.144. The molecule has 0 amide bonds. The van der Waals surface area contributed by atoms with Crippen LogP contribution in [0.1, 0.15) is 36.4 Å². The van der Waals surface area contributed by atoms with Crippen LogP contribution in [0.2, 0.25) is 0 Å². The maximum absolute atomic E-state index is 15.4. The molecule has 3 nitrogen and oxygen atoms in total. The number of halogens is 1. The van der Waals surface area contributed by atoms with Crippen molar-refractivity contribution in [3.05, 3.63) is 66.0 Å². The zero-order valence-corrected chi connectivity index (χ0v) is 12.9. The van der Waals surface area contributed by atoms with Crippen molar-refractivity contribution in [3.8, 4) is 0 Å². The number of hydrogen-bond acceptors (Lipinski definition) is 2. The maximum atomic E-state index is 15.4. The van der Waals surface area contributed by atoms with Gasteiger partial charge in [-0.25, -0.2) is 4.39 Å². The molecule has 1 aliphatic carbocycles. The Balaban J connectivity index is 1.84. The Morgan fingerprint density at radius 2 is 1.96 bits per heavy atom. The van der Waals surface area contributed by atoms with Crippen LogP contribution >= 0.6 is 0 Å². The molecule has 3 rings (SSSR count). The SMILES string of the molecule is O=C(O)[C@@H]1CC[C@@](F)(Cc2ccccn2)C[C@H]1c1ccccc1. The molecule has 1 aromatic carbocycles. The first-order chi connectivity index (χ1) is 11.1. The standard InChI is InChI=1S/C19H20FNO2/c20-19(12-15-8-4-5-11-21-15)10-9-16(18(22)23)17(13-19)14-6-2-1-3-7-14/h1-8,11,16-17H,9-10,12-13H2,(H,22,23)/t16-,17+,19-/m1/s1. The molecule has 0 spiro atoms. The lowest BCUT2D eigenvalue weighted by Gasteiger charge is -2.38. The van der Waals surface area contributed by atoms with Gasteiger partial charge in [-0.05, 0) is 37.0 Å². The van der Waals surface area contributed by atoms with Crippen molar-refractivity contribution in [1.82, 2.24) is 4.98 Å². The summed E-state index contributed by atoms with van der Waals surface area (Å²) in [5, 5.41) is 9.50. The van der Waals surface area contributed by atoms with Gasteiger partial charge in [0.15, 0.2) is 0 Å². The van der Waals surface area contributed by atoms with E-state index in [9.17, 15) is 9.90 Å². The quantitative estimate of drug-likeness (QED) is 0.928. The van der Waals surface area contributed by atoms with Crippen LogP contribution in [0.3, 0.4) is 0 Å². The lowest BCUT2D eigenvalue weighted by atomic mass is 9.68. The van der Waals surface area contributed by atoms with Gasteiger partial charge in [-0.1, -0.05) is 36.4 Å². The third-order valence-corrected chi connectivity index (χ3v) is 4.74. The van der Waals surface area contributed by atoms with Gasteiger partial charge in [0.2, 0.25) is 0 Å². The second-order valence-corrected chi connectivity index (χ2v) is 6.35. The zero-order valence-electron chi connectivity index (χ0n) is 12.9. The van der Waals surface area contributed by atoms with Crippen molar-refractivity contribution in [3.63, 3.8) is 0 Å². The number of rotatable bonds is 4. The Morgan fingerprint density at radius 1 is 1.22 bits per heavy atom. The van der Waals surface area contributed by atoms with Crippen molar-refractivity contribution in [1.29, 1.82) is 0 Å². The number of carboxylic acid groups (broad SMARTS) is 1. The van der Waals surface area contributed by atoms with Crippen molar-refractivity contribution in [2.24, 2.45) is 5.92 Å². The number of pyridine rings is 1. The molecule has 1 N–H and O–H groups in total. The monoisotopic (exact) mass is 313 g/mol. The first-order valence-corrected chi connectivity index (χ1v) is 7.94. The average molecular weight is 313 g/mol. The van der Waals surface area contributed by atoms with E-state index in [-0.39, 0.29) is 25.2 Å². The van der Waals surface area contributed by atoms with Crippen molar-refractivity contribution >= 4 is 5.97 Å². The highest BCUT2D eigenvalue weighted by Crippen LogP contribution is 2.45. The zero-order chi connectivity index (χ0) is 16.3. The number of aliphatic carboxylic acids is 1. The minimum Gasteiger partial charge on any atom is -0.481 e. The molecule has 0 unspecified atom stereocenters. The number of nitrogens with zero attached hydrogens (tertiary/aromatic N) is 1. The van der Waals surface area contributed by atoms with Gasteiger partial charge in [0, 0.05) is 24.2 Å². The first-order valence-electron chi connectivity index (χ1n) is 7.94. The molecule has 3 atom stereocenters. The highest BCUT2D eigenvalue weighted by Gasteiger charge is 2.44. The number of benzene rings is 1. The number of aromatic nitrogens is 1. The fourth-order valence-electron chi connectivity index (χ4n) is 3.59. The minimum atomic E-state index is -1.40. The number of carboxylic acids is 1. The van der Waals surface area contributed by atoms with E-state index in [4.69, 9.17) is 0 Å². The molecule has 1 fully saturated rings. The summed E-state index contributed by atoms with van der Waals surface area (Å²) in [6.45, 7) is 0. The molecular weight excluding hydrogens is 293 g/mol. The minimum absolute atomic E-state index is 0.227. The van der Waals surface area contributed by atoms with E-state index in [1.807, 2.05) is 48.5 Å². The van der Waals surface area contributed by atoms with Crippen LogP contribution < -0.4 is 0 Å². The number of hydrogen-bond donors (Lipinski definition) is 1. The number of carbonyl (C=O) groups is 1. The van der Waals surface area contributed by atoms with Crippen LogP contribution in [0, 0.1) is 5.92 Å². The van der Waals surface area contributed by atoms with Gasteiger partial charge in [-0.2, -0.15) is 0 Å². The molecule has 120 valence electrons. The smallest absolute Gasteiger partial charge is 0.307 e. The topological polar surface area (TPSA) is 50.2 Å². The Morgan fingerprint density at radius 3 is 2.61 bits per heavy atom. The van der Waals surface area contributed by atoms with E-state index in [2.05, 4.69) is 4.98 Å². The summed E-state index contributed by atoms with van der Waals surface area (Å²) in [5.74, 6) is -1.65. The van der Waals surface area contributed by atoms with E-state index in [0.717, 1.165) is 11.3 Å². The van der Waals surface area contributed by atoms with E-state index in [1.54, 1.807) is 6.20 Å². The second-order valence-electron chi connectivity index (χ2n) is 6.35. The normalized spacial score (nSPS) is 27.5. The van der Waals surface area contributed by atoms with Gasteiger partial charge >= 0.3 is 5.97 Å². The largest absolute Gasteiger partial charge is 0.481 e. The fourth-order valence-corrected chi connectivity index (χ4v) is 3.59. The summed E-state index contributed by atoms with van der Waals surface area (Å²) in [4.78, 5) is 15.8. The molecule has 1 heterocycles. The Kier molecular flexibility index (Phi) is 4.42. The highest BCUT2D eigenvalue weighted by atomic mass is 19.1. The number of alkyl halides is 1. The lowest BCUT2D eigenvalue weighted by Crippen LogP contribution is -2.39. The molecular formula is C19H20FNO2. The Labute approximate surface area is 135 Å². The van der Waals surface area contributed by atoms with Crippen LogP contribution in [0.4, 0.5) is 4.39 Å². The molecule has 1 aliphatic rings. The Hall–Kier alpha value is -2.23. The summed E-state index contributed by atoms with van der Waals surface area (Å²) in [5.41, 5.74) is 0.221. The van der Waals surface area contributed by atoms with Gasteiger partial charge in [-0.3, -0.25) is 9.78 Å². The predicted molar refractivity (Wildman–Crippen MR) is 85.9 cm³/mol. The van der Waals surface area contributed by atoms with E-state index >= 15 is 4.39 Å². The molecule has 0 saturated heterocycles. The predicted octanol–water partition coefficient (Wildman–Crippen LogP) is 4.00. The van der Waals surface area contributed by atoms with Crippen LogP contribution in [-0.2, 0) is 11.2 Å². The maximum Gasteiger partial charge on any atom is 0.307 e. The van der Waals surface area contributed by atoms with Crippen LogP contribution in [-0.4, -0.2) is 21.7 Å². The molecule has 0 radical (unpaired) electrons. The van der Waals surface area contributed by atoms with Gasteiger partial charge in [-0.15, -0.1) is 0 Å². The Bertz CT molecular complexity index is 662. The molecule has 0 aliphatic heterocycles. The van der Waals surface area contributed by atoms with Gasteiger partial charge in [0.1, 0.15) is 5.67 Å². The summed E-state index contributed by atoms with van der Waals surface area (Å²) in [6, 6.07) is 14.9. The van der Waals surface area contributed by atoms with E-state index in [1.165, 1.54) is 0 Å². The van der Waals surface area contributed by atoms with Gasteiger partial charge < -0.3 is 5.11 Å². The summed E-state index contributed by atoms with van der Waals surface area (Å²) in [7, 11) is 0. The first kappa shape index (κ1) is 15.7. The summed E-state index contributed by atoms with van der Waals surface area (Å²) < 4.78 is 15.4. The summed E-state index contributed by atoms with van der Waals surface area (Å²) >= 11 is 0. The van der Waals surface area contributed by atoms with E-state index < -0.39 is 17.6 Å². The third kappa shape index (κ3) is 3.58. The summed E-state index contributed by atoms with van der Waals surface area (Å²) in [6.07, 6.45) is 2.76. The average Bonchev–Trinajstić information content (AvgIpc) is 2.56. The molecule has 4 heteroatoms. The van der Waals surface area contributed by atoms with Crippen LogP contribution in [0.5, 0.6) is 0 Å². The van der Waals surface area contributed by atoms with Crippen molar-refractivity contribution < 1.29 is 14.3 Å².